The number of benzene rings is 1. The fourth-order valence-corrected chi connectivity index (χ4v) is 3.07. The topological polar surface area (TPSA) is 37.8 Å². The van der Waals surface area contributed by atoms with Crippen LogP contribution in [0.5, 0.6) is 0 Å². The highest BCUT2D eigenvalue weighted by Gasteiger charge is 2.22. The van der Waals surface area contributed by atoms with Crippen molar-refractivity contribution in [1.82, 2.24) is 9.97 Å². The van der Waals surface area contributed by atoms with Gasteiger partial charge in [0.1, 0.15) is 11.6 Å². The van der Waals surface area contributed by atoms with Gasteiger partial charge >= 0.3 is 0 Å². The lowest BCUT2D eigenvalue weighted by molar-refractivity contribution is 0.553. The van der Waals surface area contributed by atoms with Gasteiger partial charge in [0.25, 0.3) is 0 Å². The van der Waals surface area contributed by atoms with Gasteiger partial charge in [-0.15, -0.1) is 0 Å². The normalized spacial score (nSPS) is 17.3. The second kappa shape index (κ2) is 6.25. The molecule has 0 amide bonds. The molecule has 3 nitrogen and oxygen atoms in total. The van der Waals surface area contributed by atoms with Gasteiger partial charge in [0.2, 0.25) is 0 Å². The van der Waals surface area contributed by atoms with E-state index < -0.39 is 0 Å². The number of nitrogens with one attached hydrogen (secondary N) is 1. The highest BCUT2D eigenvalue weighted by Crippen LogP contribution is 2.31. The Morgan fingerprint density at radius 1 is 1.14 bits per heavy atom. The second-order valence-electron chi connectivity index (χ2n) is 5.70. The third kappa shape index (κ3) is 3.07. The molecule has 1 aliphatic rings. The first kappa shape index (κ1) is 14.1. The molecule has 0 bridgehead atoms. The lowest BCUT2D eigenvalue weighted by Gasteiger charge is -2.24. The first-order chi connectivity index (χ1) is 10.3. The van der Waals surface area contributed by atoms with Gasteiger partial charge in [0, 0.05) is 24.2 Å². The molecule has 2 aromatic rings. The van der Waals surface area contributed by atoms with Crippen LogP contribution >= 0.6 is 0 Å². The standard InChI is InChI=1S/C18H23N3/c1-3-16-12-17(19-4-2)21-18(20-16)15-10-9-13-7-5-6-8-14(13)11-15/h5-8,12,15H,3-4,9-11H2,1-2H3,(H,19,20,21). The summed E-state index contributed by atoms with van der Waals surface area (Å²) in [6, 6.07) is 10.8. The van der Waals surface area contributed by atoms with Crippen molar-refractivity contribution in [3.63, 3.8) is 0 Å². The van der Waals surface area contributed by atoms with E-state index in [0.29, 0.717) is 5.92 Å². The molecule has 110 valence electrons. The van der Waals surface area contributed by atoms with Crippen LogP contribution < -0.4 is 5.32 Å². The Labute approximate surface area is 126 Å². The number of aryl methyl sites for hydroxylation is 2. The Hall–Kier alpha value is -1.90. The number of fused-ring (bicyclic) bond motifs is 1. The number of hydrogen-bond acceptors (Lipinski definition) is 3. The Balaban J connectivity index is 1.89. The number of rotatable bonds is 4. The van der Waals surface area contributed by atoms with Crippen LogP contribution in [0, 0.1) is 0 Å². The monoisotopic (exact) mass is 281 g/mol. The van der Waals surface area contributed by atoms with Gasteiger partial charge in [-0.2, -0.15) is 0 Å². The molecule has 1 aromatic heterocycles. The lowest BCUT2D eigenvalue weighted by Crippen LogP contribution is -2.17. The van der Waals surface area contributed by atoms with E-state index >= 15 is 0 Å². The minimum atomic E-state index is 0.448. The number of hydrogen-bond donors (Lipinski definition) is 1. The number of nitrogens with zero attached hydrogens (tertiary/aromatic N) is 2. The molecule has 3 heteroatoms. The summed E-state index contributed by atoms with van der Waals surface area (Å²) < 4.78 is 0. The quantitative estimate of drug-likeness (QED) is 0.927. The van der Waals surface area contributed by atoms with Crippen LogP contribution in [-0.2, 0) is 19.3 Å². The molecular formula is C18H23N3. The summed E-state index contributed by atoms with van der Waals surface area (Å²) in [6.45, 7) is 5.15. The van der Waals surface area contributed by atoms with E-state index in [1.807, 2.05) is 0 Å². The summed E-state index contributed by atoms with van der Waals surface area (Å²) in [4.78, 5) is 9.53. The average molecular weight is 281 g/mol. The maximum atomic E-state index is 4.78. The predicted molar refractivity (Wildman–Crippen MR) is 86.8 cm³/mol. The second-order valence-corrected chi connectivity index (χ2v) is 5.70. The van der Waals surface area contributed by atoms with E-state index in [-0.39, 0.29) is 0 Å². The van der Waals surface area contributed by atoms with Crippen molar-refractivity contribution in [2.24, 2.45) is 0 Å². The largest absolute Gasteiger partial charge is 0.370 e. The molecule has 0 radical (unpaired) electrons. The summed E-state index contributed by atoms with van der Waals surface area (Å²) in [6.07, 6.45) is 4.30. The van der Waals surface area contributed by atoms with Crippen molar-refractivity contribution >= 4 is 5.82 Å². The summed E-state index contributed by atoms with van der Waals surface area (Å²) >= 11 is 0. The maximum Gasteiger partial charge on any atom is 0.134 e. The van der Waals surface area contributed by atoms with Crippen molar-refractivity contribution in [3.05, 3.63) is 53.0 Å². The van der Waals surface area contributed by atoms with Crippen LogP contribution in [0.2, 0.25) is 0 Å². The van der Waals surface area contributed by atoms with Crippen molar-refractivity contribution < 1.29 is 0 Å². The molecule has 0 spiro atoms. The number of aromatic nitrogens is 2. The highest BCUT2D eigenvalue weighted by molar-refractivity contribution is 5.38. The summed E-state index contributed by atoms with van der Waals surface area (Å²) in [5.74, 6) is 2.43. The lowest BCUT2D eigenvalue weighted by atomic mass is 9.83. The van der Waals surface area contributed by atoms with Crippen molar-refractivity contribution in [2.45, 2.75) is 45.4 Å². The Morgan fingerprint density at radius 3 is 2.71 bits per heavy atom. The Kier molecular flexibility index (Phi) is 4.18. The fourth-order valence-electron chi connectivity index (χ4n) is 3.07. The van der Waals surface area contributed by atoms with E-state index in [4.69, 9.17) is 9.97 Å². The van der Waals surface area contributed by atoms with Crippen LogP contribution in [0.4, 0.5) is 5.82 Å². The predicted octanol–water partition coefficient (Wildman–Crippen LogP) is 3.74. The van der Waals surface area contributed by atoms with Crippen molar-refractivity contribution in [1.29, 1.82) is 0 Å². The van der Waals surface area contributed by atoms with Gasteiger partial charge in [-0.25, -0.2) is 9.97 Å². The molecule has 1 atom stereocenters. The third-order valence-electron chi connectivity index (χ3n) is 4.23. The van der Waals surface area contributed by atoms with Crippen molar-refractivity contribution in [3.8, 4) is 0 Å². The summed E-state index contributed by atoms with van der Waals surface area (Å²) in [7, 11) is 0. The molecule has 0 saturated heterocycles. The van der Waals surface area contributed by atoms with Crippen LogP contribution in [0.15, 0.2) is 30.3 Å². The zero-order valence-corrected chi connectivity index (χ0v) is 12.9. The van der Waals surface area contributed by atoms with Crippen molar-refractivity contribution in [2.75, 3.05) is 11.9 Å². The van der Waals surface area contributed by atoms with Gasteiger partial charge in [0.05, 0.1) is 0 Å². The van der Waals surface area contributed by atoms with Gasteiger partial charge in [-0.3, -0.25) is 0 Å². The van der Waals surface area contributed by atoms with Crippen LogP contribution in [0.3, 0.4) is 0 Å². The minimum Gasteiger partial charge on any atom is -0.370 e. The molecule has 21 heavy (non-hydrogen) atoms. The Morgan fingerprint density at radius 2 is 1.95 bits per heavy atom. The van der Waals surface area contributed by atoms with Gasteiger partial charge in [0.15, 0.2) is 0 Å². The number of anilines is 1. The molecule has 1 N–H and O–H groups in total. The van der Waals surface area contributed by atoms with Crippen LogP contribution in [-0.4, -0.2) is 16.5 Å². The third-order valence-corrected chi connectivity index (χ3v) is 4.23. The minimum absolute atomic E-state index is 0.448. The van der Waals surface area contributed by atoms with E-state index in [0.717, 1.165) is 49.6 Å². The molecule has 3 rings (SSSR count). The average Bonchev–Trinajstić information content (AvgIpc) is 2.54. The molecule has 0 saturated carbocycles. The zero-order chi connectivity index (χ0) is 14.7. The van der Waals surface area contributed by atoms with Gasteiger partial charge in [-0.1, -0.05) is 31.2 Å². The molecule has 1 aliphatic carbocycles. The van der Waals surface area contributed by atoms with Gasteiger partial charge in [-0.05, 0) is 43.7 Å². The molecule has 1 heterocycles. The molecule has 1 aromatic carbocycles. The maximum absolute atomic E-state index is 4.78. The Bertz CT molecular complexity index is 622. The summed E-state index contributed by atoms with van der Waals surface area (Å²) in [5, 5.41) is 3.33. The zero-order valence-electron chi connectivity index (χ0n) is 12.9. The SMILES string of the molecule is CCNc1cc(CC)nc(C2CCc3ccccc3C2)n1. The van der Waals surface area contributed by atoms with Crippen LogP contribution in [0.1, 0.15) is 48.8 Å². The van der Waals surface area contributed by atoms with E-state index in [9.17, 15) is 0 Å². The van der Waals surface area contributed by atoms with Gasteiger partial charge < -0.3 is 5.32 Å². The van der Waals surface area contributed by atoms with E-state index in [2.05, 4.69) is 49.5 Å². The molecule has 0 fully saturated rings. The first-order valence-corrected chi connectivity index (χ1v) is 7.98. The molecule has 1 unspecified atom stereocenters. The van der Waals surface area contributed by atoms with E-state index in [1.165, 1.54) is 11.1 Å². The van der Waals surface area contributed by atoms with E-state index in [1.54, 1.807) is 0 Å². The van der Waals surface area contributed by atoms with Crippen LogP contribution in [0.25, 0.3) is 0 Å². The fraction of sp³-hybridized carbons (Fsp3) is 0.444. The molecule has 0 aliphatic heterocycles. The summed E-state index contributed by atoms with van der Waals surface area (Å²) in [5.41, 5.74) is 4.09. The highest BCUT2D eigenvalue weighted by atomic mass is 15.0. The first-order valence-electron chi connectivity index (χ1n) is 7.98. The smallest absolute Gasteiger partial charge is 0.134 e. The molecular weight excluding hydrogens is 258 g/mol.